The van der Waals surface area contributed by atoms with E-state index in [2.05, 4.69) is 4.74 Å². The molecule has 0 aromatic heterocycles. The molecular formula is C13H11F5O2. The molecule has 2 nitrogen and oxygen atoms in total. The van der Waals surface area contributed by atoms with E-state index in [-0.39, 0.29) is 12.8 Å². The van der Waals surface area contributed by atoms with E-state index in [1.54, 1.807) is 0 Å². The lowest BCUT2D eigenvalue weighted by atomic mass is 9.87. The van der Waals surface area contributed by atoms with Crippen LogP contribution in [0.25, 0.3) is 0 Å². The zero-order valence-corrected chi connectivity index (χ0v) is 10.3. The topological polar surface area (TPSA) is 26.3 Å². The summed E-state index contributed by atoms with van der Waals surface area (Å²) >= 11 is 0. The van der Waals surface area contributed by atoms with Crippen LogP contribution in [0.5, 0.6) is 5.75 Å². The number of halogens is 5. The van der Waals surface area contributed by atoms with Crippen LogP contribution in [0.3, 0.4) is 0 Å². The quantitative estimate of drug-likeness (QED) is 0.470. The second kappa shape index (κ2) is 5.38. The van der Waals surface area contributed by atoms with Gasteiger partial charge in [-0.05, 0) is 12.8 Å². The smallest absolute Gasteiger partial charge is 0.314 e. The summed E-state index contributed by atoms with van der Waals surface area (Å²) in [5.74, 6) is -9.48. The van der Waals surface area contributed by atoms with Crippen molar-refractivity contribution in [1.29, 1.82) is 0 Å². The van der Waals surface area contributed by atoms with E-state index in [0.29, 0.717) is 12.1 Å². The Labute approximate surface area is 111 Å². The minimum Gasteiger partial charge on any atom is -0.420 e. The summed E-state index contributed by atoms with van der Waals surface area (Å²) < 4.78 is 69.6. The number of esters is 1. The lowest BCUT2D eigenvalue weighted by Crippen LogP contribution is -2.31. The van der Waals surface area contributed by atoms with Crippen molar-refractivity contribution in [2.45, 2.75) is 31.6 Å². The number of carbonyl (C=O) groups is 1. The Morgan fingerprint density at radius 2 is 1.60 bits per heavy atom. The molecule has 0 saturated heterocycles. The van der Waals surface area contributed by atoms with Gasteiger partial charge >= 0.3 is 5.97 Å². The SMILES string of the molecule is O=C(Oc1c(F)cc(F)cc1F)C1CCC(F)(F)CC1. The fourth-order valence-corrected chi connectivity index (χ4v) is 2.09. The first-order valence-corrected chi connectivity index (χ1v) is 6.02. The van der Waals surface area contributed by atoms with Gasteiger partial charge in [0, 0.05) is 25.0 Å². The average Bonchev–Trinajstić information content (AvgIpc) is 2.33. The van der Waals surface area contributed by atoms with E-state index in [0.717, 1.165) is 0 Å². The summed E-state index contributed by atoms with van der Waals surface area (Å²) in [6.45, 7) is 0. The van der Waals surface area contributed by atoms with Crippen LogP contribution in [0.1, 0.15) is 25.7 Å². The molecule has 0 unspecified atom stereocenters. The van der Waals surface area contributed by atoms with E-state index < -0.39 is 53.9 Å². The monoisotopic (exact) mass is 294 g/mol. The normalized spacial score (nSPS) is 18.9. The molecule has 1 saturated carbocycles. The van der Waals surface area contributed by atoms with Gasteiger partial charge < -0.3 is 4.74 Å². The molecule has 1 fully saturated rings. The third-order valence-corrected chi connectivity index (χ3v) is 3.22. The number of alkyl halides is 2. The predicted octanol–water partition coefficient (Wildman–Crippen LogP) is 3.83. The van der Waals surface area contributed by atoms with E-state index in [4.69, 9.17) is 0 Å². The maximum Gasteiger partial charge on any atom is 0.314 e. The number of ether oxygens (including phenoxy) is 1. The number of hydrogen-bond donors (Lipinski definition) is 0. The van der Waals surface area contributed by atoms with Crippen molar-refractivity contribution in [3.05, 3.63) is 29.6 Å². The number of benzene rings is 1. The van der Waals surface area contributed by atoms with E-state index in [1.165, 1.54) is 0 Å². The highest BCUT2D eigenvalue weighted by atomic mass is 19.3. The van der Waals surface area contributed by atoms with Gasteiger partial charge in [0.1, 0.15) is 5.82 Å². The lowest BCUT2D eigenvalue weighted by Gasteiger charge is -2.26. The molecule has 1 aliphatic rings. The van der Waals surface area contributed by atoms with Crippen LogP contribution in [-0.2, 0) is 4.79 Å². The minimum atomic E-state index is -2.82. The summed E-state index contributed by atoms with van der Waals surface area (Å²) in [7, 11) is 0. The Kier molecular flexibility index (Phi) is 3.96. The molecule has 0 bridgehead atoms. The predicted molar refractivity (Wildman–Crippen MR) is 58.9 cm³/mol. The second-order valence-corrected chi connectivity index (χ2v) is 4.75. The van der Waals surface area contributed by atoms with Gasteiger partial charge in [-0.1, -0.05) is 0 Å². The number of carbonyl (C=O) groups excluding carboxylic acids is 1. The van der Waals surface area contributed by atoms with Crippen LogP contribution in [0.2, 0.25) is 0 Å². The first-order valence-electron chi connectivity index (χ1n) is 6.02. The van der Waals surface area contributed by atoms with Crippen molar-refractivity contribution < 1.29 is 31.5 Å². The summed E-state index contributed by atoms with van der Waals surface area (Å²) in [6.07, 6.45) is -1.17. The first-order chi connectivity index (χ1) is 9.28. The van der Waals surface area contributed by atoms with Crippen LogP contribution >= 0.6 is 0 Å². The van der Waals surface area contributed by atoms with Gasteiger partial charge in [-0.15, -0.1) is 0 Å². The zero-order chi connectivity index (χ0) is 14.9. The first kappa shape index (κ1) is 14.7. The Balaban J connectivity index is 2.06. The zero-order valence-electron chi connectivity index (χ0n) is 10.3. The summed E-state index contributed by atoms with van der Waals surface area (Å²) in [6, 6.07) is 0.751. The Morgan fingerprint density at radius 1 is 1.10 bits per heavy atom. The van der Waals surface area contributed by atoms with Crippen LogP contribution in [0.15, 0.2) is 12.1 Å². The van der Waals surface area contributed by atoms with Crippen molar-refractivity contribution in [3.63, 3.8) is 0 Å². The third kappa shape index (κ3) is 3.26. The van der Waals surface area contributed by atoms with Crippen molar-refractivity contribution in [1.82, 2.24) is 0 Å². The highest BCUT2D eigenvalue weighted by molar-refractivity contribution is 5.75. The molecule has 1 aromatic carbocycles. The summed E-state index contributed by atoms with van der Waals surface area (Å²) in [4.78, 5) is 11.7. The largest absolute Gasteiger partial charge is 0.420 e. The Hall–Kier alpha value is -1.66. The highest BCUT2D eigenvalue weighted by Gasteiger charge is 2.38. The van der Waals surface area contributed by atoms with Gasteiger partial charge in [-0.25, -0.2) is 22.0 Å². The van der Waals surface area contributed by atoms with Crippen LogP contribution < -0.4 is 4.74 Å². The Bertz CT molecular complexity index is 496. The molecule has 0 aliphatic heterocycles. The lowest BCUT2D eigenvalue weighted by molar-refractivity contribution is -0.143. The fourth-order valence-electron chi connectivity index (χ4n) is 2.09. The van der Waals surface area contributed by atoms with Gasteiger partial charge in [0.25, 0.3) is 0 Å². The molecule has 20 heavy (non-hydrogen) atoms. The summed E-state index contributed by atoms with van der Waals surface area (Å²) in [5.41, 5.74) is 0. The number of hydrogen-bond acceptors (Lipinski definition) is 2. The van der Waals surface area contributed by atoms with Crippen molar-refractivity contribution in [3.8, 4) is 5.75 Å². The van der Waals surface area contributed by atoms with Crippen LogP contribution in [-0.4, -0.2) is 11.9 Å². The second-order valence-electron chi connectivity index (χ2n) is 4.75. The average molecular weight is 294 g/mol. The summed E-state index contributed by atoms with van der Waals surface area (Å²) in [5, 5.41) is 0. The molecule has 7 heteroatoms. The molecule has 0 atom stereocenters. The van der Waals surface area contributed by atoms with E-state index in [1.807, 2.05) is 0 Å². The maximum absolute atomic E-state index is 13.3. The maximum atomic E-state index is 13.3. The van der Waals surface area contributed by atoms with Crippen molar-refractivity contribution >= 4 is 5.97 Å². The van der Waals surface area contributed by atoms with Crippen LogP contribution in [0.4, 0.5) is 22.0 Å². The van der Waals surface area contributed by atoms with Gasteiger partial charge in [0.15, 0.2) is 11.6 Å². The van der Waals surface area contributed by atoms with Gasteiger partial charge in [0.2, 0.25) is 11.7 Å². The molecule has 0 radical (unpaired) electrons. The van der Waals surface area contributed by atoms with Gasteiger partial charge in [0.05, 0.1) is 5.92 Å². The molecule has 110 valence electrons. The molecule has 1 aliphatic carbocycles. The van der Waals surface area contributed by atoms with Crippen molar-refractivity contribution in [2.75, 3.05) is 0 Å². The molecule has 0 heterocycles. The number of rotatable bonds is 2. The van der Waals surface area contributed by atoms with Crippen molar-refractivity contribution in [2.24, 2.45) is 5.92 Å². The van der Waals surface area contributed by atoms with Crippen LogP contribution in [0, 0.1) is 23.4 Å². The highest BCUT2D eigenvalue weighted by Crippen LogP contribution is 2.37. The molecule has 1 aromatic rings. The van der Waals surface area contributed by atoms with Gasteiger partial charge in [-0.3, -0.25) is 4.79 Å². The molecular weight excluding hydrogens is 283 g/mol. The van der Waals surface area contributed by atoms with Gasteiger partial charge in [-0.2, -0.15) is 0 Å². The van der Waals surface area contributed by atoms with E-state index in [9.17, 15) is 26.7 Å². The van der Waals surface area contributed by atoms with E-state index >= 15 is 0 Å². The molecule has 0 amide bonds. The molecule has 0 N–H and O–H groups in total. The fraction of sp³-hybridized carbons (Fsp3) is 0.462. The Morgan fingerprint density at radius 3 is 2.10 bits per heavy atom. The molecule has 2 rings (SSSR count). The molecule has 0 spiro atoms. The minimum absolute atomic E-state index is 0.115. The standard InChI is InChI=1S/C13H11F5O2/c14-8-5-9(15)11(10(16)6-8)20-12(19)7-1-3-13(17,18)4-2-7/h5-7H,1-4H2. The third-order valence-electron chi connectivity index (χ3n) is 3.22.